The van der Waals surface area contributed by atoms with E-state index in [1.165, 1.54) is 11.3 Å². The number of hydrogen-bond acceptors (Lipinski definition) is 4. The van der Waals surface area contributed by atoms with E-state index in [4.69, 9.17) is 10.5 Å². The Balaban J connectivity index is 0.00000220. The second-order valence-electron chi connectivity index (χ2n) is 5.02. The molecule has 5 nitrogen and oxygen atoms in total. The van der Waals surface area contributed by atoms with Gasteiger partial charge < -0.3 is 20.3 Å². The molecule has 0 bridgehead atoms. The number of morpholine rings is 1. The topological polar surface area (TPSA) is 58.8 Å². The number of rotatable bonds is 5. The summed E-state index contributed by atoms with van der Waals surface area (Å²) in [5.74, 6) is 0.0873. The molecule has 0 aromatic heterocycles. The zero-order valence-corrected chi connectivity index (χ0v) is 14.5. The number of carbonyl (C=O) groups is 1. The Kier molecular flexibility index (Phi) is 10.2. The molecule has 1 aliphatic rings. The summed E-state index contributed by atoms with van der Waals surface area (Å²) in [7, 11) is 1.83. The van der Waals surface area contributed by atoms with Gasteiger partial charge in [-0.2, -0.15) is 0 Å². The molecule has 0 spiro atoms. The summed E-state index contributed by atoms with van der Waals surface area (Å²) in [5, 5.41) is 0. The molecule has 7 heteroatoms. The number of nitrogens with zero attached hydrogens (tertiary/aromatic N) is 2. The fourth-order valence-electron chi connectivity index (χ4n) is 2.42. The second kappa shape index (κ2) is 10.7. The first kappa shape index (κ1) is 21.0. The average Bonchev–Trinajstić information content (AvgIpc) is 2.49. The molecule has 126 valence electrons. The third-order valence-corrected chi connectivity index (χ3v) is 3.53. The maximum absolute atomic E-state index is 11.8. The van der Waals surface area contributed by atoms with Crippen LogP contribution in [0.3, 0.4) is 0 Å². The molecule has 1 amide bonds. The number of nitrogens with two attached hydrogens (primary N) is 1. The summed E-state index contributed by atoms with van der Waals surface area (Å²) < 4.78 is 5.39. The van der Waals surface area contributed by atoms with E-state index in [9.17, 15) is 4.79 Å². The molecule has 0 atom stereocenters. The van der Waals surface area contributed by atoms with Gasteiger partial charge in [-0.05, 0) is 11.6 Å². The van der Waals surface area contributed by atoms with Crippen LogP contribution in [0.4, 0.5) is 5.69 Å². The van der Waals surface area contributed by atoms with Crippen LogP contribution in [0, 0.1) is 0 Å². The summed E-state index contributed by atoms with van der Waals surface area (Å²) in [4.78, 5) is 15.9. The quantitative estimate of drug-likeness (QED) is 0.878. The number of benzene rings is 1. The molecule has 2 rings (SSSR count). The van der Waals surface area contributed by atoms with Crippen molar-refractivity contribution in [1.82, 2.24) is 4.90 Å². The fraction of sp³-hybridized carbons (Fsp3) is 0.533. The van der Waals surface area contributed by atoms with E-state index < -0.39 is 0 Å². The van der Waals surface area contributed by atoms with Crippen molar-refractivity contribution >= 4 is 36.4 Å². The van der Waals surface area contributed by atoms with Crippen molar-refractivity contribution in [1.29, 1.82) is 0 Å². The molecule has 1 aromatic carbocycles. The van der Waals surface area contributed by atoms with Crippen LogP contribution < -0.4 is 10.6 Å². The van der Waals surface area contributed by atoms with E-state index in [1.54, 1.807) is 4.90 Å². The van der Waals surface area contributed by atoms with Gasteiger partial charge >= 0.3 is 0 Å². The predicted molar refractivity (Wildman–Crippen MR) is 94.1 cm³/mol. The summed E-state index contributed by atoms with van der Waals surface area (Å²) in [5.41, 5.74) is 7.80. The lowest BCUT2D eigenvalue weighted by atomic mass is 10.1. The average molecular weight is 350 g/mol. The second-order valence-corrected chi connectivity index (χ2v) is 5.02. The van der Waals surface area contributed by atoms with E-state index >= 15 is 0 Å². The molecule has 22 heavy (non-hydrogen) atoms. The van der Waals surface area contributed by atoms with E-state index in [-0.39, 0.29) is 30.7 Å². The van der Waals surface area contributed by atoms with Gasteiger partial charge in [0.2, 0.25) is 5.91 Å². The van der Waals surface area contributed by atoms with Gasteiger partial charge in [0.15, 0.2) is 0 Å². The lowest BCUT2D eigenvalue weighted by Gasteiger charge is -2.31. The Bertz CT molecular complexity index is 454. The summed E-state index contributed by atoms with van der Waals surface area (Å²) in [6.07, 6.45) is 0.399. The monoisotopic (exact) mass is 349 g/mol. The maximum Gasteiger partial charge on any atom is 0.223 e. The lowest BCUT2D eigenvalue weighted by molar-refractivity contribution is -0.130. The third-order valence-electron chi connectivity index (χ3n) is 3.53. The predicted octanol–water partition coefficient (Wildman–Crippen LogP) is 1.67. The Labute approximate surface area is 144 Å². The molecule has 0 aliphatic carbocycles. The smallest absolute Gasteiger partial charge is 0.223 e. The largest absolute Gasteiger partial charge is 0.378 e. The van der Waals surface area contributed by atoms with Crippen LogP contribution in [0.15, 0.2) is 24.3 Å². The zero-order chi connectivity index (χ0) is 14.4. The molecule has 1 aromatic rings. The van der Waals surface area contributed by atoms with Gasteiger partial charge in [-0.15, -0.1) is 24.8 Å². The number of para-hydroxylation sites is 1. The number of carbonyl (C=O) groups excluding carboxylic acids is 1. The number of ether oxygens (including phenoxy) is 1. The SMILES string of the molecule is CN(Cc1ccccc1N1CCOCC1)C(=O)CCN.Cl.Cl. The first-order chi connectivity index (χ1) is 9.72. The highest BCUT2D eigenvalue weighted by molar-refractivity contribution is 5.85. The number of amides is 1. The van der Waals surface area contributed by atoms with Crippen molar-refractivity contribution in [3.8, 4) is 0 Å². The van der Waals surface area contributed by atoms with Crippen LogP contribution in [0.1, 0.15) is 12.0 Å². The first-order valence-corrected chi connectivity index (χ1v) is 7.07. The van der Waals surface area contributed by atoms with Gasteiger partial charge in [0.05, 0.1) is 13.2 Å². The Morgan fingerprint density at radius 3 is 2.55 bits per heavy atom. The van der Waals surface area contributed by atoms with Crippen LogP contribution in [0.25, 0.3) is 0 Å². The normalized spacial score (nSPS) is 13.8. The minimum atomic E-state index is 0. The Morgan fingerprint density at radius 2 is 1.91 bits per heavy atom. The minimum absolute atomic E-state index is 0. The van der Waals surface area contributed by atoms with E-state index in [0.717, 1.165) is 26.3 Å². The minimum Gasteiger partial charge on any atom is -0.378 e. The third kappa shape index (κ3) is 5.65. The van der Waals surface area contributed by atoms with Gasteiger partial charge in [-0.1, -0.05) is 18.2 Å². The van der Waals surface area contributed by atoms with Gasteiger partial charge in [-0.3, -0.25) is 4.79 Å². The van der Waals surface area contributed by atoms with Gasteiger partial charge in [0.25, 0.3) is 0 Å². The highest BCUT2D eigenvalue weighted by Crippen LogP contribution is 2.22. The van der Waals surface area contributed by atoms with Crippen molar-refractivity contribution in [2.24, 2.45) is 5.73 Å². The Morgan fingerprint density at radius 1 is 1.27 bits per heavy atom. The number of anilines is 1. The van der Waals surface area contributed by atoms with Crippen LogP contribution in [0.2, 0.25) is 0 Å². The van der Waals surface area contributed by atoms with Gasteiger partial charge in [0.1, 0.15) is 0 Å². The molecule has 1 fully saturated rings. The molecule has 1 aliphatic heterocycles. The van der Waals surface area contributed by atoms with Crippen LogP contribution in [0.5, 0.6) is 0 Å². The Hall–Kier alpha value is -1.01. The highest BCUT2D eigenvalue weighted by atomic mass is 35.5. The van der Waals surface area contributed by atoms with Crippen molar-refractivity contribution in [3.63, 3.8) is 0 Å². The van der Waals surface area contributed by atoms with Gasteiger partial charge in [0, 0.05) is 45.3 Å². The first-order valence-electron chi connectivity index (χ1n) is 7.07. The zero-order valence-electron chi connectivity index (χ0n) is 12.9. The summed E-state index contributed by atoms with van der Waals surface area (Å²) in [6.45, 7) is 4.34. The van der Waals surface area contributed by atoms with E-state index in [2.05, 4.69) is 17.0 Å². The maximum atomic E-state index is 11.8. The molecule has 0 unspecified atom stereocenters. The fourth-order valence-corrected chi connectivity index (χ4v) is 2.42. The number of halogens is 2. The van der Waals surface area contributed by atoms with E-state index in [0.29, 0.717) is 19.5 Å². The van der Waals surface area contributed by atoms with Gasteiger partial charge in [-0.25, -0.2) is 0 Å². The van der Waals surface area contributed by atoms with E-state index in [1.807, 2.05) is 19.2 Å². The summed E-state index contributed by atoms with van der Waals surface area (Å²) in [6, 6.07) is 8.25. The van der Waals surface area contributed by atoms with Crippen LogP contribution >= 0.6 is 24.8 Å². The van der Waals surface area contributed by atoms with Crippen LogP contribution in [-0.4, -0.2) is 50.7 Å². The molecule has 1 heterocycles. The highest BCUT2D eigenvalue weighted by Gasteiger charge is 2.16. The molecular weight excluding hydrogens is 325 g/mol. The number of hydrogen-bond donors (Lipinski definition) is 1. The molecule has 1 saturated heterocycles. The van der Waals surface area contributed by atoms with Crippen molar-refractivity contribution in [3.05, 3.63) is 29.8 Å². The lowest BCUT2D eigenvalue weighted by Crippen LogP contribution is -2.37. The molecule has 0 saturated carbocycles. The van der Waals surface area contributed by atoms with Crippen molar-refractivity contribution in [2.45, 2.75) is 13.0 Å². The molecule has 0 radical (unpaired) electrons. The van der Waals surface area contributed by atoms with Crippen LogP contribution in [-0.2, 0) is 16.1 Å². The summed E-state index contributed by atoms with van der Waals surface area (Å²) >= 11 is 0. The van der Waals surface area contributed by atoms with Crippen molar-refractivity contribution < 1.29 is 9.53 Å². The van der Waals surface area contributed by atoms with Crippen molar-refractivity contribution in [2.75, 3.05) is 44.8 Å². The standard InChI is InChI=1S/C15H23N3O2.2ClH/c1-17(15(19)6-7-16)12-13-4-2-3-5-14(13)18-8-10-20-11-9-18;;/h2-5H,6-12,16H2,1H3;2*1H. The molecular formula is C15H25Cl2N3O2. The molecule has 2 N–H and O–H groups in total.